The molecule has 2 heterocycles. The van der Waals surface area contributed by atoms with Gasteiger partial charge in [0.2, 0.25) is 11.8 Å². The van der Waals surface area contributed by atoms with Crippen LogP contribution in [0.1, 0.15) is 19.8 Å². The number of hydrogen-bond acceptors (Lipinski definition) is 4. The van der Waals surface area contributed by atoms with E-state index in [-0.39, 0.29) is 23.6 Å². The predicted octanol–water partition coefficient (Wildman–Crippen LogP) is 0.156. The monoisotopic (exact) mass is 270 g/mol. The summed E-state index contributed by atoms with van der Waals surface area (Å²) in [6.45, 7) is 1.93. The molecule has 7 heteroatoms. The second kappa shape index (κ2) is 5.01. The van der Waals surface area contributed by atoms with Crippen molar-refractivity contribution in [3.63, 3.8) is 0 Å². The Bertz CT molecular complexity index is 446. The van der Waals surface area contributed by atoms with Gasteiger partial charge < -0.3 is 15.3 Å². The first-order chi connectivity index (χ1) is 8.50. The number of rotatable bonds is 5. The number of fused-ring (bicyclic) bond motifs is 1. The van der Waals surface area contributed by atoms with Gasteiger partial charge in [-0.05, 0) is 0 Å². The molecule has 0 aromatic heterocycles. The van der Waals surface area contributed by atoms with Crippen LogP contribution in [0.4, 0.5) is 0 Å². The molecule has 1 fully saturated rings. The molecule has 0 aliphatic carbocycles. The average molecular weight is 270 g/mol. The maximum atomic E-state index is 11.4. The highest BCUT2D eigenvalue weighted by atomic mass is 32.2. The van der Waals surface area contributed by atoms with Crippen LogP contribution < -0.4 is 5.32 Å². The van der Waals surface area contributed by atoms with Crippen molar-refractivity contribution in [2.24, 2.45) is 0 Å². The van der Waals surface area contributed by atoms with Crippen LogP contribution in [0.5, 0.6) is 0 Å². The van der Waals surface area contributed by atoms with Crippen LogP contribution in [0.3, 0.4) is 0 Å². The number of nitrogens with one attached hydrogen (secondary N) is 1. The number of thioether (sulfide) groups is 1. The number of carbonyl (C=O) groups excluding carboxylic acids is 2. The molecule has 6 nitrogen and oxygen atoms in total. The van der Waals surface area contributed by atoms with E-state index in [2.05, 4.69) is 5.32 Å². The third-order valence-corrected chi connectivity index (χ3v) is 4.04. The van der Waals surface area contributed by atoms with Gasteiger partial charge in [0.25, 0.3) is 0 Å². The van der Waals surface area contributed by atoms with Crippen LogP contribution in [-0.2, 0) is 14.4 Å². The van der Waals surface area contributed by atoms with Crippen LogP contribution in [0.25, 0.3) is 0 Å². The normalized spacial score (nSPS) is 21.7. The van der Waals surface area contributed by atoms with Gasteiger partial charge in [0.05, 0.1) is 6.04 Å². The number of aliphatic carboxylic acids is 1. The zero-order valence-electron chi connectivity index (χ0n) is 9.93. The average Bonchev–Trinajstić information content (AvgIpc) is 2.57. The van der Waals surface area contributed by atoms with Crippen LogP contribution in [0, 0.1) is 0 Å². The molecule has 2 aliphatic rings. The van der Waals surface area contributed by atoms with Gasteiger partial charge >= 0.3 is 5.97 Å². The summed E-state index contributed by atoms with van der Waals surface area (Å²) in [6.07, 6.45) is 1.06. The highest BCUT2D eigenvalue weighted by Gasteiger charge is 2.47. The molecule has 0 spiro atoms. The van der Waals surface area contributed by atoms with Crippen LogP contribution in [0.15, 0.2) is 10.6 Å². The minimum atomic E-state index is -1.05. The van der Waals surface area contributed by atoms with E-state index >= 15 is 0 Å². The van der Waals surface area contributed by atoms with Gasteiger partial charge in [-0.15, -0.1) is 11.8 Å². The second-order valence-corrected chi connectivity index (χ2v) is 5.42. The Kier molecular flexibility index (Phi) is 3.60. The van der Waals surface area contributed by atoms with Gasteiger partial charge in [0, 0.05) is 37.0 Å². The predicted molar refractivity (Wildman–Crippen MR) is 65.7 cm³/mol. The minimum Gasteiger partial charge on any atom is -0.477 e. The Morgan fingerprint density at radius 3 is 2.78 bits per heavy atom. The lowest BCUT2D eigenvalue weighted by Gasteiger charge is -2.34. The second-order valence-electron chi connectivity index (χ2n) is 4.23. The van der Waals surface area contributed by atoms with Gasteiger partial charge in [-0.2, -0.15) is 0 Å². The number of carboxylic acid groups (broad SMARTS) is 1. The van der Waals surface area contributed by atoms with E-state index in [0.29, 0.717) is 25.1 Å². The first kappa shape index (κ1) is 12.9. The lowest BCUT2D eigenvalue weighted by Crippen LogP contribution is -2.49. The van der Waals surface area contributed by atoms with Crippen molar-refractivity contribution in [1.82, 2.24) is 10.2 Å². The summed E-state index contributed by atoms with van der Waals surface area (Å²) in [5, 5.41) is 11.8. The number of carboxylic acids is 1. The fraction of sp³-hybridized carbons (Fsp3) is 0.545. The molecule has 0 bridgehead atoms. The quantitative estimate of drug-likeness (QED) is 0.549. The van der Waals surface area contributed by atoms with Gasteiger partial charge in [0.15, 0.2) is 0 Å². The van der Waals surface area contributed by atoms with Crippen molar-refractivity contribution in [2.75, 3.05) is 12.3 Å². The zero-order chi connectivity index (χ0) is 13.3. The van der Waals surface area contributed by atoms with E-state index in [1.807, 2.05) is 0 Å². The summed E-state index contributed by atoms with van der Waals surface area (Å²) < 4.78 is 0. The van der Waals surface area contributed by atoms with Crippen LogP contribution in [0.2, 0.25) is 0 Å². The van der Waals surface area contributed by atoms with E-state index in [1.165, 1.54) is 23.6 Å². The van der Waals surface area contributed by atoms with Gasteiger partial charge in [-0.3, -0.25) is 9.59 Å². The van der Waals surface area contributed by atoms with Crippen molar-refractivity contribution in [2.45, 2.75) is 25.8 Å². The minimum absolute atomic E-state index is 0.0341. The molecule has 2 aliphatic heterocycles. The summed E-state index contributed by atoms with van der Waals surface area (Å²) in [4.78, 5) is 35.3. The molecule has 18 heavy (non-hydrogen) atoms. The van der Waals surface area contributed by atoms with E-state index in [9.17, 15) is 14.4 Å². The summed E-state index contributed by atoms with van der Waals surface area (Å²) in [7, 11) is 0. The van der Waals surface area contributed by atoms with Crippen molar-refractivity contribution in [1.29, 1.82) is 0 Å². The number of carbonyl (C=O) groups is 3. The third kappa shape index (κ3) is 2.35. The van der Waals surface area contributed by atoms with E-state index in [0.717, 1.165) is 4.91 Å². The highest BCUT2D eigenvalue weighted by Crippen LogP contribution is 2.42. The Hall–Kier alpha value is -1.50. The Balaban J connectivity index is 1.96. The maximum absolute atomic E-state index is 11.4. The first-order valence-electron chi connectivity index (χ1n) is 5.66. The van der Waals surface area contributed by atoms with Crippen LogP contribution >= 0.6 is 11.8 Å². The van der Waals surface area contributed by atoms with Crippen molar-refractivity contribution >= 4 is 29.5 Å². The first-order valence-corrected chi connectivity index (χ1v) is 6.65. The van der Waals surface area contributed by atoms with Crippen LogP contribution in [-0.4, -0.2) is 46.1 Å². The molecular formula is C11H14N2O4S. The smallest absolute Gasteiger partial charge is 0.353 e. The zero-order valence-corrected chi connectivity index (χ0v) is 10.7. The standard InChI is InChI=1S/C11H14N2O4S/c1-6(14)12-2-3-18-8-4-7-5-9(15)13(7)10(8)11(16)17/h7H,2-5H2,1H3,(H,12,14)(H,16,17). The van der Waals surface area contributed by atoms with Gasteiger partial charge in [0.1, 0.15) is 5.70 Å². The molecule has 2 rings (SSSR count). The Morgan fingerprint density at radius 1 is 1.50 bits per heavy atom. The number of nitrogens with zero attached hydrogens (tertiary/aromatic N) is 1. The molecule has 2 amide bonds. The molecule has 0 aromatic carbocycles. The molecule has 0 aromatic rings. The number of β-lactam (4-membered cyclic amide) rings is 1. The molecular weight excluding hydrogens is 256 g/mol. The van der Waals surface area contributed by atoms with E-state index in [4.69, 9.17) is 5.11 Å². The lowest BCUT2D eigenvalue weighted by atomic mass is 10.0. The lowest BCUT2D eigenvalue weighted by molar-refractivity contribution is -0.147. The summed E-state index contributed by atoms with van der Waals surface area (Å²) in [5.74, 6) is -0.656. The summed E-state index contributed by atoms with van der Waals surface area (Å²) in [6, 6.07) is 0.0341. The molecule has 0 radical (unpaired) electrons. The highest BCUT2D eigenvalue weighted by molar-refractivity contribution is 8.03. The number of amides is 2. The fourth-order valence-electron chi connectivity index (χ4n) is 2.15. The topological polar surface area (TPSA) is 86.7 Å². The molecule has 1 unspecified atom stereocenters. The molecule has 1 saturated heterocycles. The Labute approximate surface area is 108 Å². The molecule has 2 N–H and O–H groups in total. The molecule has 98 valence electrons. The van der Waals surface area contributed by atoms with Crippen molar-refractivity contribution in [3.8, 4) is 0 Å². The Morgan fingerprint density at radius 2 is 2.22 bits per heavy atom. The van der Waals surface area contributed by atoms with Gasteiger partial charge in [-0.1, -0.05) is 0 Å². The third-order valence-electron chi connectivity index (χ3n) is 2.93. The molecule has 1 atom stereocenters. The molecule has 0 saturated carbocycles. The fourth-order valence-corrected chi connectivity index (χ4v) is 3.23. The van der Waals surface area contributed by atoms with E-state index < -0.39 is 5.97 Å². The SMILES string of the molecule is CC(=O)NCCSC1=C(C(=O)O)N2C(=O)CC2C1. The van der Waals surface area contributed by atoms with Gasteiger partial charge in [-0.25, -0.2) is 4.79 Å². The van der Waals surface area contributed by atoms with Crippen molar-refractivity contribution in [3.05, 3.63) is 10.6 Å². The summed E-state index contributed by atoms with van der Waals surface area (Å²) in [5.41, 5.74) is 0.129. The summed E-state index contributed by atoms with van der Waals surface area (Å²) >= 11 is 1.40. The largest absolute Gasteiger partial charge is 0.477 e. The maximum Gasteiger partial charge on any atom is 0.353 e. The van der Waals surface area contributed by atoms with Crippen molar-refractivity contribution < 1.29 is 19.5 Å². The van der Waals surface area contributed by atoms with E-state index in [1.54, 1.807) is 0 Å². The number of hydrogen-bond donors (Lipinski definition) is 2.